The van der Waals surface area contributed by atoms with Crippen molar-refractivity contribution >= 4 is 17.3 Å². The van der Waals surface area contributed by atoms with Gasteiger partial charge in [0.05, 0.1) is 19.6 Å². The molecule has 0 aliphatic rings. The van der Waals surface area contributed by atoms with Crippen molar-refractivity contribution in [2.75, 3.05) is 37.0 Å². The topological polar surface area (TPSA) is 61.8 Å². The number of nitrogens with one attached hydrogen (secondary N) is 1. The summed E-state index contributed by atoms with van der Waals surface area (Å²) >= 11 is 0. The number of aliphatic hydroxyl groups is 1. The molecule has 0 bridgehead atoms. The summed E-state index contributed by atoms with van der Waals surface area (Å²) in [4.78, 5) is 13.8. The van der Waals surface area contributed by atoms with E-state index < -0.39 is 0 Å². The first-order valence-electron chi connectivity index (χ1n) is 7.59. The second-order valence-electron chi connectivity index (χ2n) is 5.15. The van der Waals surface area contributed by atoms with Crippen LogP contribution < -0.4 is 15.0 Å². The van der Waals surface area contributed by atoms with Gasteiger partial charge in [0, 0.05) is 25.0 Å². The molecule has 0 spiro atoms. The lowest BCUT2D eigenvalue weighted by Crippen LogP contribution is -2.21. The van der Waals surface area contributed by atoms with Crippen LogP contribution in [-0.4, -0.2) is 37.8 Å². The molecule has 0 aliphatic heterocycles. The maximum Gasteiger partial charge on any atom is 0.227 e. The minimum atomic E-state index is -0.0857. The zero-order valence-corrected chi connectivity index (χ0v) is 13.2. The smallest absolute Gasteiger partial charge is 0.227 e. The highest BCUT2D eigenvalue weighted by molar-refractivity contribution is 5.90. The Morgan fingerprint density at radius 1 is 1.13 bits per heavy atom. The van der Waals surface area contributed by atoms with E-state index in [-0.39, 0.29) is 12.5 Å². The normalized spacial score (nSPS) is 10.2. The molecule has 2 aromatic rings. The summed E-state index contributed by atoms with van der Waals surface area (Å²) in [6.45, 7) is 1.02. The number of carbonyl (C=O) groups is 1. The second kappa shape index (κ2) is 8.80. The predicted molar refractivity (Wildman–Crippen MR) is 92.0 cm³/mol. The van der Waals surface area contributed by atoms with Gasteiger partial charge in [0.2, 0.25) is 5.91 Å². The summed E-state index contributed by atoms with van der Waals surface area (Å²) in [6, 6.07) is 16.9. The van der Waals surface area contributed by atoms with E-state index in [0.717, 1.165) is 17.1 Å². The van der Waals surface area contributed by atoms with Gasteiger partial charge in [-0.1, -0.05) is 18.2 Å². The van der Waals surface area contributed by atoms with Crippen LogP contribution in [0.3, 0.4) is 0 Å². The number of anilines is 2. The van der Waals surface area contributed by atoms with E-state index in [1.807, 2.05) is 66.5 Å². The summed E-state index contributed by atoms with van der Waals surface area (Å²) in [5.74, 6) is 0.675. The molecule has 122 valence electrons. The average Bonchev–Trinajstić information content (AvgIpc) is 2.57. The van der Waals surface area contributed by atoms with Gasteiger partial charge in [-0.25, -0.2) is 0 Å². The van der Waals surface area contributed by atoms with Crippen molar-refractivity contribution in [1.29, 1.82) is 0 Å². The molecule has 0 unspecified atom stereocenters. The van der Waals surface area contributed by atoms with Crippen LogP contribution in [0.5, 0.6) is 5.75 Å². The monoisotopic (exact) mass is 314 g/mol. The van der Waals surface area contributed by atoms with E-state index in [0.29, 0.717) is 19.6 Å². The highest BCUT2D eigenvalue weighted by atomic mass is 16.5. The SMILES string of the molecule is CN(CCO)c1ccc(NC(=O)CCOc2ccccc2)cc1. The molecule has 23 heavy (non-hydrogen) atoms. The molecule has 0 aliphatic carbocycles. The van der Waals surface area contributed by atoms with Gasteiger partial charge in [0.1, 0.15) is 5.75 Å². The molecular formula is C18H22N2O3. The fourth-order valence-corrected chi connectivity index (χ4v) is 2.08. The Morgan fingerprint density at radius 2 is 1.83 bits per heavy atom. The molecule has 2 N–H and O–H groups in total. The van der Waals surface area contributed by atoms with Crippen LogP contribution in [0.15, 0.2) is 54.6 Å². The number of likely N-dealkylation sites (N-methyl/N-ethyl adjacent to an activating group) is 1. The van der Waals surface area contributed by atoms with Crippen molar-refractivity contribution in [2.45, 2.75) is 6.42 Å². The van der Waals surface area contributed by atoms with E-state index in [9.17, 15) is 4.79 Å². The number of nitrogens with zero attached hydrogens (tertiary/aromatic N) is 1. The van der Waals surface area contributed by atoms with Gasteiger partial charge in [0.15, 0.2) is 0 Å². The molecule has 0 radical (unpaired) electrons. The molecule has 1 amide bonds. The maximum atomic E-state index is 11.9. The van der Waals surface area contributed by atoms with Crippen LogP contribution in [-0.2, 0) is 4.79 Å². The molecular weight excluding hydrogens is 292 g/mol. The van der Waals surface area contributed by atoms with Crippen molar-refractivity contribution in [3.05, 3.63) is 54.6 Å². The van der Waals surface area contributed by atoms with Gasteiger partial charge >= 0.3 is 0 Å². The molecule has 2 rings (SSSR count). The summed E-state index contributed by atoms with van der Waals surface area (Å²) in [6.07, 6.45) is 0.293. The van der Waals surface area contributed by atoms with E-state index in [1.54, 1.807) is 0 Å². The largest absolute Gasteiger partial charge is 0.493 e. The lowest BCUT2D eigenvalue weighted by Gasteiger charge is -2.18. The number of carbonyl (C=O) groups excluding carboxylic acids is 1. The van der Waals surface area contributed by atoms with Crippen LogP contribution in [0.1, 0.15) is 6.42 Å². The second-order valence-corrected chi connectivity index (χ2v) is 5.15. The Morgan fingerprint density at radius 3 is 2.48 bits per heavy atom. The summed E-state index contributed by atoms with van der Waals surface area (Å²) in [5.41, 5.74) is 1.74. The fourth-order valence-electron chi connectivity index (χ4n) is 2.08. The molecule has 0 saturated carbocycles. The van der Waals surface area contributed by atoms with Crippen molar-refractivity contribution in [3.63, 3.8) is 0 Å². The predicted octanol–water partition coefficient (Wildman–Crippen LogP) is 2.52. The summed E-state index contributed by atoms with van der Waals surface area (Å²) in [7, 11) is 1.91. The number of hydrogen-bond donors (Lipinski definition) is 2. The quantitative estimate of drug-likeness (QED) is 0.786. The van der Waals surface area contributed by atoms with E-state index >= 15 is 0 Å². The molecule has 0 saturated heterocycles. The molecule has 5 heteroatoms. The number of rotatable bonds is 8. The van der Waals surface area contributed by atoms with E-state index in [1.165, 1.54) is 0 Å². The highest BCUT2D eigenvalue weighted by Crippen LogP contribution is 2.16. The van der Waals surface area contributed by atoms with Gasteiger partial charge < -0.3 is 20.1 Å². The summed E-state index contributed by atoms with van der Waals surface area (Å²) < 4.78 is 5.50. The third-order valence-corrected chi connectivity index (χ3v) is 3.37. The van der Waals surface area contributed by atoms with Gasteiger partial charge in [-0.15, -0.1) is 0 Å². The Kier molecular flexibility index (Phi) is 6.44. The first-order chi connectivity index (χ1) is 11.2. The fraction of sp³-hybridized carbons (Fsp3) is 0.278. The molecule has 0 atom stereocenters. The minimum Gasteiger partial charge on any atom is -0.493 e. The lowest BCUT2D eigenvalue weighted by molar-refractivity contribution is -0.116. The lowest BCUT2D eigenvalue weighted by atomic mass is 10.2. The third kappa shape index (κ3) is 5.64. The third-order valence-electron chi connectivity index (χ3n) is 3.37. The zero-order valence-electron chi connectivity index (χ0n) is 13.2. The van der Waals surface area contributed by atoms with Crippen LogP contribution in [0.25, 0.3) is 0 Å². The highest BCUT2D eigenvalue weighted by Gasteiger charge is 2.04. The van der Waals surface area contributed by atoms with Crippen LogP contribution in [0.4, 0.5) is 11.4 Å². The number of para-hydroxylation sites is 1. The van der Waals surface area contributed by atoms with Crippen LogP contribution in [0, 0.1) is 0 Å². The van der Waals surface area contributed by atoms with Gasteiger partial charge in [-0.05, 0) is 36.4 Å². The van der Waals surface area contributed by atoms with Crippen molar-refractivity contribution < 1.29 is 14.6 Å². The van der Waals surface area contributed by atoms with Crippen molar-refractivity contribution in [1.82, 2.24) is 0 Å². The Balaban J connectivity index is 1.76. The minimum absolute atomic E-state index is 0.0857. The Labute approximate surface area is 136 Å². The first-order valence-corrected chi connectivity index (χ1v) is 7.59. The van der Waals surface area contributed by atoms with E-state index in [2.05, 4.69) is 5.32 Å². The summed E-state index contributed by atoms with van der Waals surface area (Å²) in [5, 5.41) is 11.8. The van der Waals surface area contributed by atoms with Gasteiger partial charge in [-0.2, -0.15) is 0 Å². The number of hydrogen-bond acceptors (Lipinski definition) is 4. The molecule has 0 heterocycles. The Bertz CT molecular complexity index is 599. The van der Waals surface area contributed by atoms with Crippen molar-refractivity contribution in [2.24, 2.45) is 0 Å². The zero-order chi connectivity index (χ0) is 16.5. The molecule has 0 fully saturated rings. The van der Waals surface area contributed by atoms with Crippen molar-refractivity contribution in [3.8, 4) is 5.75 Å². The first kappa shape index (κ1) is 16.8. The number of ether oxygens (including phenoxy) is 1. The molecule has 2 aromatic carbocycles. The standard InChI is InChI=1S/C18H22N2O3/c1-20(12-13-21)16-9-7-15(8-10-16)19-18(22)11-14-23-17-5-3-2-4-6-17/h2-10,21H,11-14H2,1H3,(H,19,22). The number of aliphatic hydroxyl groups excluding tert-OH is 1. The van der Waals surface area contributed by atoms with Crippen LogP contribution >= 0.6 is 0 Å². The Hall–Kier alpha value is -2.53. The number of benzene rings is 2. The molecule has 5 nitrogen and oxygen atoms in total. The number of amides is 1. The van der Waals surface area contributed by atoms with Crippen LogP contribution in [0.2, 0.25) is 0 Å². The maximum absolute atomic E-state index is 11.9. The van der Waals surface area contributed by atoms with E-state index in [4.69, 9.17) is 9.84 Å². The van der Waals surface area contributed by atoms with Gasteiger partial charge in [0.25, 0.3) is 0 Å². The molecule has 0 aromatic heterocycles. The van der Waals surface area contributed by atoms with Gasteiger partial charge in [-0.3, -0.25) is 4.79 Å². The average molecular weight is 314 g/mol.